The molecule has 0 amide bonds. The maximum Gasteiger partial charge on any atom is 0.512 e. The molecule has 0 spiro atoms. The fraction of sp³-hybridized carbons (Fsp3) is 0.0588. The van der Waals surface area contributed by atoms with Gasteiger partial charge < -0.3 is 14.6 Å². The van der Waals surface area contributed by atoms with Crippen LogP contribution in [0.1, 0.15) is 5.01 Å². The summed E-state index contributed by atoms with van der Waals surface area (Å²) in [6.45, 7) is 0.151. The van der Waals surface area contributed by atoms with Crippen LogP contribution < -0.4 is 9.47 Å². The van der Waals surface area contributed by atoms with Crippen molar-refractivity contribution in [3.8, 4) is 22.8 Å². The van der Waals surface area contributed by atoms with Crippen LogP contribution in [0.15, 0.2) is 53.9 Å². The maximum atomic E-state index is 11.1. The SMILES string of the molecule is O=C(O)Oc1csc(COc2ccc(-c3ccccc3[N+](=O)[O-])cc2)n1. The number of para-hydroxylation sites is 1. The van der Waals surface area contributed by atoms with Crippen molar-refractivity contribution in [1.29, 1.82) is 0 Å². The van der Waals surface area contributed by atoms with E-state index in [4.69, 9.17) is 9.84 Å². The predicted molar refractivity (Wildman–Crippen MR) is 93.6 cm³/mol. The van der Waals surface area contributed by atoms with Gasteiger partial charge in [0, 0.05) is 6.07 Å². The Bertz CT molecular complexity index is 938. The second kappa shape index (κ2) is 7.62. The molecule has 3 rings (SSSR count). The summed E-state index contributed by atoms with van der Waals surface area (Å²) in [5, 5.41) is 21.7. The Morgan fingerprint density at radius 1 is 1.19 bits per heavy atom. The van der Waals surface area contributed by atoms with Gasteiger partial charge in [-0.1, -0.05) is 24.3 Å². The number of carboxylic acid groups (broad SMARTS) is 1. The van der Waals surface area contributed by atoms with Gasteiger partial charge >= 0.3 is 6.16 Å². The molecule has 2 aromatic carbocycles. The molecule has 0 aliphatic heterocycles. The van der Waals surface area contributed by atoms with E-state index in [1.165, 1.54) is 22.8 Å². The van der Waals surface area contributed by atoms with Gasteiger partial charge in [-0.15, -0.1) is 11.3 Å². The first-order valence-corrected chi connectivity index (χ1v) is 8.23. The van der Waals surface area contributed by atoms with Crippen molar-refractivity contribution >= 4 is 23.2 Å². The number of nitrogens with zero attached hydrogens (tertiary/aromatic N) is 2. The lowest BCUT2D eigenvalue weighted by Crippen LogP contribution is -2.03. The van der Waals surface area contributed by atoms with Crippen LogP contribution >= 0.6 is 11.3 Å². The normalized spacial score (nSPS) is 10.3. The average molecular weight is 372 g/mol. The first-order chi connectivity index (χ1) is 12.5. The Morgan fingerprint density at radius 3 is 2.62 bits per heavy atom. The summed E-state index contributed by atoms with van der Waals surface area (Å²) in [6.07, 6.45) is -1.42. The van der Waals surface area contributed by atoms with Crippen LogP contribution in [0.4, 0.5) is 10.5 Å². The average Bonchev–Trinajstić information content (AvgIpc) is 3.07. The molecule has 132 valence electrons. The van der Waals surface area contributed by atoms with Gasteiger partial charge in [-0.2, -0.15) is 0 Å². The number of hydrogen-bond donors (Lipinski definition) is 1. The summed E-state index contributed by atoms with van der Waals surface area (Å²) in [5.74, 6) is 0.566. The van der Waals surface area contributed by atoms with Crippen molar-refractivity contribution in [3.05, 3.63) is 69.0 Å². The number of benzene rings is 2. The van der Waals surface area contributed by atoms with Crippen molar-refractivity contribution < 1.29 is 24.3 Å². The zero-order valence-electron chi connectivity index (χ0n) is 13.2. The molecule has 1 heterocycles. The summed E-state index contributed by atoms with van der Waals surface area (Å²) in [7, 11) is 0. The van der Waals surface area contributed by atoms with Gasteiger partial charge in [0.05, 0.1) is 15.9 Å². The fourth-order valence-corrected chi connectivity index (χ4v) is 2.86. The molecule has 0 bridgehead atoms. The number of carbonyl (C=O) groups is 1. The quantitative estimate of drug-likeness (QED) is 0.389. The van der Waals surface area contributed by atoms with E-state index in [9.17, 15) is 14.9 Å². The van der Waals surface area contributed by atoms with Crippen LogP contribution in [0, 0.1) is 10.1 Å². The molecule has 0 atom stereocenters. The predicted octanol–water partition coefficient (Wildman–Crippen LogP) is 4.35. The Balaban J connectivity index is 1.68. The Morgan fingerprint density at radius 2 is 1.92 bits per heavy atom. The van der Waals surface area contributed by atoms with Crippen LogP contribution in [0.2, 0.25) is 0 Å². The zero-order valence-corrected chi connectivity index (χ0v) is 14.0. The molecule has 0 radical (unpaired) electrons. The second-order valence-corrected chi connectivity index (χ2v) is 5.98. The summed E-state index contributed by atoms with van der Waals surface area (Å²) in [6, 6.07) is 13.4. The fourth-order valence-electron chi connectivity index (χ4n) is 2.25. The molecule has 26 heavy (non-hydrogen) atoms. The van der Waals surface area contributed by atoms with Gasteiger partial charge in [-0.25, -0.2) is 9.78 Å². The number of nitro benzene ring substituents is 1. The summed E-state index contributed by atoms with van der Waals surface area (Å²) in [4.78, 5) is 25.1. The molecule has 0 saturated heterocycles. The summed E-state index contributed by atoms with van der Waals surface area (Å²) in [5.41, 5.74) is 1.27. The molecule has 0 fully saturated rings. The second-order valence-electron chi connectivity index (χ2n) is 5.03. The van der Waals surface area contributed by atoms with Crippen LogP contribution in [-0.4, -0.2) is 21.2 Å². The van der Waals surface area contributed by atoms with Gasteiger partial charge in [0.15, 0.2) is 0 Å². The largest absolute Gasteiger partial charge is 0.512 e. The number of thiazole rings is 1. The van der Waals surface area contributed by atoms with Crippen molar-refractivity contribution in [3.63, 3.8) is 0 Å². The van der Waals surface area contributed by atoms with E-state index in [1.54, 1.807) is 42.5 Å². The van der Waals surface area contributed by atoms with E-state index in [0.717, 1.165) is 0 Å². The highest BCUT2D eigenvalue weighted by atomic mass is 32.1. The maximum absolute atomic E-state index is 11.1. The third-order valence-electron chi connectivity index (χ3n) is 3.35. The molecule has 0 saturated carbocycles. The number of rotatable bonds is 6. The number of aromatic nitrogens is 1. The van der Waals surface area contributed by atoms with Gasteiger partial charge in [0.25, 0.3) is 5.69 Å². The lowest BCUT2D eigenvalue weighted by molar-refractivity contribution is -0.384. The van der Waals surface area contributed by atoms with E-state index >= 15 is 0 Å². The van der Waals surface area contributed by atoms with Gasteiger partial charge in [0.2, 0.25) is 5.88 Å². The zero-order chi connectivity index (χ0) is 18.5. The van der Waals surface area contributed by atoms with Crippen molar-refractivity contribution in [2.24, 2.45) is 0 Å². The van der Waals surface area contributed by atoms with Gasteiger partial charge in [-0.05, 0) is 23.8 Å². The third kappa shape index (κ3) is 4.14. The number of hydrogen-bond acceptors (Lipinski definition) is 7. The highest BCUT2D eigenvalue weighted by Crippen LogP contribution is 2.30. The molecule has 1 aromatic heterocycles. The van der Waals surface area contributed by atoms with Gasteiger partial charge in [0.1, 0.15) is 17.4 Å². The van der Waals surface area contributed by atoms with Crippen molar-refractivity contribution in [2.45, 2.75) is 6.61 Å². The van der Waals surface area contributed by atoms with E-state index in [-0.39, 0.29) is 18.2 Å². The Labute approximate surface area is 151 Å². The molecule has 0 aliphatic carbocycles. The lowest BCUT2D eigenvalue weighted by Gasteiger charge is -2.06. The minimum absolute atomic E-state index is 0.00725. The van der Waals surface area contributed by atoms with E-state index in [2.05, 4.69) is 9.72 Å². The van der Waals surface area contributed by atoms with E-state index < -0.39 is 11.1 Å². The first-order valence-electron chi connectivity index (χ1n) is 7.35. The first kappa shape index (κ1) is 17.4. The van der Waals surface area contributed by atoms with Crippen molar-refractivity contribution in [1.82, 2.24) is 4.98 Å². The Kier molecular flexibility index (Phi) is 5.09. The molecule has 0 unspecified atom stereocenters. The van der Waals surface area contributed by atoms with Crippen LogP contribution in [0.3, 0.4) is 0 Å². The summed E-state index contributed by atoms with van der Waals surface area (Å²) >= 11 is 1.22. The Hall–Kier alpha value is -3.46. The van der Waals surface area contributed by atoms with Crippen LogP contribution in [0.5, 0.6) is 11.6 Å². The molecule has 3 aromatic rings. The van der Waals surface area contributed by atoms with Crippen LogP contribution in [-0.2, 0) is 6.61 Å². The van der Waals surface area contributed by atoms with E-state index in [0.29, 0.717) is 21.9 Å². The smallest absolute Gasteiger partial charge is 0.486 e. The third-order valence-corrected chi connectivity index (χ3v) is 4.15. The van der Waals surface area contributed by atoms with Crippen molar-refractivity contribution in [2.75, 3.05) is 0 Å². The molecular formula is C17H12N2O6S. The minimum atomic E-state index is -1.42. The van der Waals surface area contributed by atoms with Crippen LogP contribution in [0.25, 0.3) is 11.1 Å². The standard InChI is InChI=1S/C17H12N2O6S/c20-17(21)25-15-10-26-16(18-15)9-24-12-7-5-11(6-8-12)13-3-1-2-4-14(13)19(22)23/h1-8,10H,9H2,(H,20,21). The minimum Gasteiger partial charge on any atom is -0.486 e. The number of ether oxygens (including phenoxy) is 2. The topological polar surface area (TPSA) is 112 Å². The van der Waals surface area contributed by atoms with E-state index in [1.807, 2.05) is 0 Å². The molecule has 8 nitrogen and oxygen atoms in total. The highest BCUT2D eigenvalue weighted by Gasteiger charge is 2.14. The van der Waals surface area contributed by atoms with Gasteiger partial charge in [-0.3, -0.25) is 10.1 Å². The number of nitro groups is 1. The lowest BCUT2D eigenvalue weighted by atomic mass is 10.0. The molecule has 0 aliphatic rings. The molecular weight excluding hydrogens is 360 g/mol. The highest BCUT2D eigenvalue weighted by molar-refractivity contribution is 7.09. The molecule has 1 N–H and O–H groups in total. The monoisotopic (exact) mass is 372 g/mol. The summed E-state index contributed by atoms with van der Waals surface area (Å²) < 4.78 is 10.0. The molecule has 9 heteroatoms.